The predicted octanol–water partition coefficient (Wildman–Crippen LogP) is 4.18. The molecule has 0 heterocycles. The Labute approximate surface area is 103 Å². The standard InChI is InChI=1S/C13H10ClF2N/c1-7-4-12(16)10(6-13(7)17)9-3-2-8(15)5-11(9)14/h2-6H,17H2,1H3. The fourth-order valence-corrected chi connectivity index (χ4v) is 1.87. The van der Waals surface area contributed by atoms with E-state index in [-0.39, 0.29) is 10.6 Å². The molecule has 17 heavy (non-hydrogen) atoms. The fraction of sp³-hybridized carbons (Fsp3) is 0.0769. The molecular formula is C13H10ClF2N. The summed E-state index contributed by atoms with van der Waals surface area (Å²) >= 11 is 5.88. The third-order valence-electron chi connectivity index (χ3n) is 2.58. The summed E-state index contributed by atoms with van der Waals surface area (Å²) in [4.78, 5) is 0. The first-order valence-corrected chi connectivity index (χ1v) is 5.38. The Hall–Kier alpha value is -1.61. The monoisotopic (exact) mass is 253 g/mol. The molecule has 0 atom stereocenters. The van der Waals surface area contributed by atoms with Gasteiger partial charge in [-0.15, -0.1) is 0 Å². The average Bonchev–Trinajstić information content (AvgIpc) is 2.24. The van der Waals surface area contributed by atoms with Crippen LogP contribution in [0, 0.1) is 18.6 Å². The molecule has 0 unspecified atom stereocenters. The maximum atomic E-state index is 13.8. The van der Waals surface area contributed by atoms with E-state index in [1.165, 1.54) is 24.3 Å². The van der Waals surface area contributed by atoms with Gasteiger partial charge in [-0.05, 0) is 42.8 Å². The molecule has 0 saturated heterocycles. The first kappa shape index (κ1) is 11.9. The molecule has 0 radical (unpaired) electrons. The van der Waals surface area contributed by atoms with Crippen molar-refractivity contribution >= 4 is 17.3 Å². The highest BCUT2D eigenvalue weighted by atomic mass is 35.5. The SMILES string of the molecule is Cc1cc(F)c(-c2ccc(F)cc2Cl)cc1N. The van der Waals surface area contributed by atoms with E-state index < -0.39 is 11.6 Å². The number of nitrogens with two attached hydrogens (primary N) is 1. The van der Waals surface area contributed by atoms with E-state index in [1.807, 2.05) is 0 Å². The summed E-state index contributed by atoms with van der Waals surface area (Å²) in [6.07, 6.45) is 0. The van der Waals surface area contributed by atoms with E-state index in [0.717, 1.165) is 6.07 Å². The quantitative estimate of drug-likeness (QED) is 0.758. The maximum absolute atomic E-state index is 13.8. The van der Waals surface area contributed by atoms with E-state index >= 15 is 0 Å². The van der Waals surface area contributed by atoms with E-state index in [1.54, 1.807) is 6.92 Å². The number of hydrogen-bond acceptors (Lipinski definition) is 1. The normalized spacial score (nSPS) is 10.6. The van der Waals surface area contributed by atoms with Crippen molar-refractivity contribution in [2.45, 2.75) is 6.92 Å². The zero-order valence-electron chi connectivity index (χ0n) is 9.10. The van der Waals surface area contributed by atoms with Gasteiger partial charge in [-0.25, -0.2) is 8.78 Å². The van der Waals surface area contributed by atoms with Crippen LogP contribution in [0.3, 0.4) is 0 Å². The minimum atomic E-state index is -0.459. The first-order chi connectivity index (χ1) is 7.99. The third kappa shape index (κ3) is 2.24. The van der Waals surface area contributed by atoms with Crippen molar-refractivity contribution in [1.82, 2.24) is 0 Å². The number of halogens is 3. The molecule has 0 fully saturated rings. The van der Waals surface area contributed by atoms with Gasteiger partial charge in [-0.3, -0.25) is 0 Å². The van der Waals surface area contributed by atoms with E-state index in [2.05, 4.69) is 0 Å². The van der Waals surface area contributed by atoms with Crippen molar-refractivity contribution < 1.29 is 8.78 Å². The summed E-state index contributed by atoms with van der Waals surface area (Å²) in [5.74, 6) is -0.885. The Morgan fingerprint density at radius 2 is 1.76 bits per heavy atom. The van der Waals surface area contributed by atoms with Gasteiger partial charge in [0.05, 0.1) is 5.02 Å². The van der Waals surface area contributed by atoms with Crippen molar-refractivity contribution in [3.05, 3.63) is 52.6 Å². The van der Waals surface area contributed by atoms with Gasteiger partial charge in [0.1, 0.15) is 11.6 Å². The molecule has 0 aliphatic rings. The van der Waals surface area contributed by atoms with Crippen LogP contribution in [0.2, 0.25) is 5.02 Å². The van der Waals surface area contributed by atoms with Crippen molar-refractivity contribution in [3.8, 4) is 11.1 Å². The van der Waals surface area contributed by atoms with Crippen LogP contribution in [-0.4, -0.2) is 0 Å². The smallest absolute Gasteiger partial charge is 0.131 e. The van der Waals surface area contributed by atoms with Crippen LogP contribution in [-0.2, 0) is 0 Å². The minimum Gasteiger partial charge on any atom is -0.398 e. The predicted molar refractivity (Wildman–Crippen MR) is 66.0 cm³/mol. The van der Waals surface area contributed by atoms with Crippen LogP contribution < -0.4 is 5.73 Å². The summed E-state index contributed by atoms with van der Waals surface area (Å²) in [5.41, 5.74) is 7.56. The Balaban J connectivity index is 2.64. The van der Waals surface area contributed by atoms with E-state index in [4.69, 9.17) is 17.3 Å². The van der Waals surface area contributed by atoms with Gasteiger partial charge < -0.3 is 5.73 Å². The number of rotatable bonds is 1. The summed E-state index contributed by atoms with van der Waals surface area (Å²) < 4.78 is 26.7. The van der Waals surface area contributed by atoms with Crippen LogP contribution in [0.5, 0.6) is 0 Å². The molecule has 2 rings (SSSR count). The van der Waals surface area contributed by atoms with Crippen molar-refractivity contribution in [2.24, 2.45) is 0 Å². The van der Waals surface area contributed by atoms with Gasteiger partial charge in [-0.1, -0.05) is 11.6 Å². The molecule has 2 N–H and O–H groups in total. The Morgan fingerprint density at radius 3 is 2.41 bits per heavy atom. The number of benzene rings is 2. The molecule has 1 nitrogen and oxygen atoms in total. The highest BCUT2D eigenvalue weighted by Crippen LogP contribution is 2.32. The number of aryl methyl sites for hydroxylation is 1. The zero-order chi connectivity index (χ0) is 12.6. The highest BCUT2D eigenvalue weighted by Gasteiger charge is 2.11. The Bertz CT molecular complexity index is 582. The number of hydrogen-bond donors (Lipinski definition) is 1. The second-order valence-corrected chi connectivity index (χ2v) is 4.22. The van der Waals surface area contributed by atoms with Gasteiger partial charge in [0, 0.05) is 16.8 Å². The third-order valence-corrected chi connectivity index (χ3v) is 2.89. The molecule has 4 heteroatoms. The number of anilines is 1. The van der Waals surface area contributed by atoms with Gasteiger partial charge in [0.15, 0.2) is 0 Å². The lowest BCUT2D eigenvalue weighted by atomic mass is 10.0. The van der Waals surface area contributed by atoms with Crippen molar-refractivity contribution in [1.29, 1.82) is 0 Å². The van der Waals surface area contributed by atoms with Crippen LogP contribution >= 0.6 is 11.6 Å². The summed E-state index contributed by atoms with van der Waals surface area (Å²) in [5, 5.41) is 0.159. The second kappa shape index (κ2) is 4.34. The molecule has 0 amide bonds. The molecule has 2 aromatic carbocycles. The van der Waals surface area contributed by atoms with Gasteiger partial charge >= 0.3 is 0 Å². The maximum Gasteiger partial charge on any atom is 0.131 e. The van der Waals surface area contributed by atoms with Gasteiger partial charge in [-0.2, -0.15) is 0 Å². The molecule has 0 bridgehead atoms. The molecule has 0 saturated carbocycles. The molecule has 88 valence electrons. The lowest BCUT2D eigenvalue weighted by Crippen LogP contribution is -1.94. The van der Waals surface area contributed by atoms with Crippen LogP contribution in [0.15, 0.2) is 30.3 Å². The van der Waals surface area contributed by atoms with E-state index in [9.17, 15) is 8.78 Å². The average molecular weight is 254 g/mol. The lowest BCUT2D eigenvalue weighted by molar-refractivity contribution is 0.625. The summed E-state index contributed by atoms with van der Waals surface area (Å²) in [6.45, 7) is 1.72. The summed E-state index contributed by atoms with van der Waals surface area (Å²) in [7, 11) is 0. The Kier molecular flexibility index (Phi) is 3.03. The van der Waals surface area contributed by atoms with Gasteiger partial charge in [0.25, 0.3) is 0 Å². The Morgan fingerprint density at radius 1 is 1.06 bits per heavy atom. The topological polar surface area (TPSA) is 26.0 Å². The van der Waals surface area contributed by atoms with Crippen LogP contribution in [0.1, 0.15) is 5.56 Å². The van der Waals surface area contributed by atoms with Crippen molar-refractivity contribution in [3.63, 3.8) is 0 Å². The molecule has 0 aromatic heterocycles. The molecular weight excluding hydrogens is 244 g/mol. The minimum absolute atomic E-state index is 0.159. The molecule has 0 spiro atoms. The van der Waals surface area contributed by atoms with Crippen LogP contribution in [0.25, 0.3) is 11.1 Å². The zero-order valence-corrected chi connectivity index (χ0v) is 9.85. The lowest BCUT2D eigenvalue weighted by Gasteiger charge is -2.09. The fourth-order valence-electron chi connectivity index (χ4n) is 1.60. The second-order valence-electron chi connectivity index (χ2n) is 3.81. The summed E-state index contributed by atoms with van der Waals surface area (Å²) in [6, 6.07) is 6.65. The highest BCUT2D eigenvalue weighted by molar-refractivity contribution is 6.33. The molecule has 0 aliphatic heterocycles. The first-order valence-electron chi connectivity index (χ1n) is 5.00. The van der Waals surface area contributed by atoms with Crippen molar-refractivity contribution in [2.75, 3.05) is 5.73 Å². The largest absolute Gasteiger partial charge is 0.398 e. The molecule has 0 aliphatic carbocycles. The van der Waals surface area contributed by atoms with Gasteiger partial charge in [0.2, 0.25) is 0 Å². The molecule has 2 aromatic rings. The van der Waals surface area contributed by atoms with Crippen LogP contribution in [0.4, 0.5) is 14.5 Å². The van der Waals surface area contributed by atoms with E-state index in [0.29, 0.717) is 16.8 Å². The number of nitrogen functional groups attached to an aromatic ring is 1.